The first-order chi connectivity index (χ1) is 8.68. The topological polar surface area (TPSA) is 66.1 Å². The molecule has 0 saturated carbocycles. The summed E-state index contributed by atoms with van der Waals surface area (Å²) >= 11 is 0. The third kappa shape index (κ3) is 1.85. The van der Waals surface area contributed by atoms with E-state index in [9.17, 15) is 0 Å². The van der Waals surface area contributed by atoms with Crippen LogP contribution in [0.2, 0.25) is 0 Å². The maximum atomic E-state index is 5.96. The Hall–Kier alpha value is -1.59. The molecular formula is C13H18N2O3. The van der Waals surface area contributed by atoms with Crippen molar-refractivity contribution in [3.8, 4) is 5.75 Å². The van der Waals surface area contributed by atoms with Gasteiger partial charge in [0.25, 0.3) is 5.91 Å². The third-order valence-electron chi connectivity index (χ3n) is 2.91. The predicted molar refractivity (Wildman–Crippen MR) is 68.6 cm³/mol. The summed E-state index contributed by atoms with van der Waals surface area (Å²) in [6.07, 6.45) is 0.931. The van der Waals surface area contributed by atoms with Crippen LogP contribution in [0.1, 0.15) is 24.5 Å². The Morgan fingerprint density at radius 1 is 1.28 bits per heavy atom. The Morgan fingerprint density at radius 3 is 2.61 bits per heavy atom. The van der Waals surface area contributed by atoms with Crippen molar-refractivity contribution in [2.75, 3.05) is 20.8 Å². The second-order valence-electron chi connectivity index (χ2n) is 4.01. The molecule has 0 aliphatic carbocycles. The molecule has 1 aromatic carbocycles. The van der Waals surface area contributed by atoms with Crippen LogP contribution in [0.25, 0.3) is 0 Å². The predicted octanol–water partition coefficient (Wildman–Crippen LogP) is 1.60. The fourth-order valence-corrected chi connectivity index (χ4v) is 2.06. The van der Waals surface area contributed by atoms with Crippen molar-refractivity contribution in [2.45, 2.75) is 19.3 Å². The molecular weight excluding hydrogens is 232 g/mol. The van der Waals surface area contributed by atoms with Crippen molar-refractivity contribution in [1.29, 1.82) is 0 Å². The summed E-state index contributed by atoms with van der Waals surface area (Å²) in [7, 11) is 3.07. The van der Waals surface area contributed by atoms with E-state index in [0.29, 0.717) is 18.2 Å². The van der Waals surface area contributed by atoms with E-state index >= 15 is 0 Å². The average Bonchev–Trinajstić information content (AvgIpc) is 2.70. The lowest BCUT2D eigenvalue weighted by atomic mass is 10.1. The van der Waals surface area contributed by atoms with Crippen molar-refractivity contribution < 1.29 is 14.2 Å². The minimum Gasteiger partial charge on any atom is -0.493 e. The Labute approximate surface area is 107 Å². The molecule has 5 nitrogen and oxygen atoms in total. The average molecular weight is 250 g/mol. The zero-order valence-electron chi connectivity index (χ0n) is 10.9. The lowest BCUT2D eigenvalue weighted by molar-refractivity contribution is -0.206. The van der Waals surface area contributed by atoms with Crippen LogP contribution >= 0.6 is 0 Å². The van der Waals surface area contributed by atoms with E-state index < -0.39 is 5.91 Å². The lowest BCUT2D eigenvalue weighted by Gasteiger charge is -2.23. The van der Waals surface area contributed by atoms with Crippen LogP contribution in [0.4, 0.5) is 0 Å². The fourth-order valence-electron chi connectivity index (χ4n) is 2.06. The number of methoxy groups -OCH3 is 2. The Kier molecular flexibility index (Phi) is 3.54. The molecule has 1 aliphatic rings. The normalized spacial score (nSPS) is 16.3. The molecule has 2 N–H and O–H groups in total. The Morgan fingerprint density at radius 2 is 2.00 bits per heavy atom. The number of rotatable bonds is 5. The summed E-state index contributed by atoms with van der Waals surface area (Å²) in [5.74, 6) is -0.0580. The smallest absolute Gasteiger partial charge is 0.300 e. The molecule has 1 aliphatic heterocycles. The Bertz CT molecular complexity index is 467. The molecule has 5 heteroatoms. The van der Waals surface area contributed by atoms with Gasteiger partial charge >= 0.3 is 0 Å². The number of fused-ring (bicyclic) bond motifs is 1. The highest BCUT2D eigenvalue weighted by Crippen LogP contribution is 2.39. The minimum atomic E-state index is -1.15. The monoisotopic (exact) mass is 250 g/mol. The highest BCUT2D eigenvalue weighted by Gasteiger charge is 2.41. The molecule has 0 fully saturated rings. The number of hydrogen-bond acceptors (Lipinski definition) is 5. The molecule has 18 heavy (non-hydrogen) atoms. The zero-order valence-corrected chi connectivity index (χ0v) is 10.9. The number of aliphatic imine (C=N–C) groups is 1. The van der Waals surface area contributed by atoms with Crippen LogP contribution in [-0.2, 0) is 15.4 Å². The molecule has 0 amide bonds. The zero-order chi connectivity index (χ0) is 13.2. The minimum absolute atomic E-state index is 0.375. The molecule has 0 unspecified atom stereocenters. The number of hydrogen-bond donors (Lipinski definition) is 1. The van der Waals surface area contributed by atoms with E-state index in [2.05, 4.69) is 11.9 Å². The number of amidine groups is 1. The van der Waals surface area contributed by atoms with E-state index in [1.54, 1.807) is 0 Å². The summed E-state index contributed by atoms with van der Waals surface area (Å²) in [6.45, 7) is 2.69. The molecule has 1 aromatic rings. The fraction of sp³-hybridized carbons (Fsp3) is 0.462. The first-order valence-electron chi connectivity index (χ1n) is 5.90. The maximum Gasteiger partial charge on any atom is 0.300 e. The van der Waals surface area contributed by atoms with Gasteiger partial charge in [-0.05, 0) is 12.5 Å². The van der Waals surface area contributed by atoms with Crippen LogP contribution in [0, 0.1) is 0 Å². The SMILES string of the molecule is CCCOc1cccc2c1C(N)=NC2(OC)OC. The van der Waals surface area contributed by atoms with E-state index in [1.165, 1.54) is 14.2 Å². The summed E-state index contributed by atoms with van der Waals surface area (Å²) in [5.41, 5.74) is 7.49. The standard InChI is InChI=1S/C13H18N2O3/c1-4-8-18-10-7-5-6-9-11(10)12(14)15-13(9,16-2)17-3/h5-7H,4,8H2,1-3H3,(H2,14,15). The number of nitrogens with two attached hydrogens (primary N) is 1. The number of ether oxygens (including phenoxy) is 3. The molecule has 0 bridgehead atoms. The van der Waals surface area contributed by atoms with E-state index in [-0.39, 0.29) is 0 Å². The van der Waals surface area contributed by atoms with Crippen LogP contribution in [0.3, 0.4) is 0 Å². The Balaban J connectivity index is 2.49. The summed E-state index contributed by atoms with van der Waals surface area (Å²) in [6, 6.07) is 5.63. The second kappa shape index (κ2) is 4.96. The van der Waals surface area contributed by atoms with Crippen LogP contribution in [0.5, 0.6) is 5.75 Å². The van der Waals surface area contributed by atoms with Crippen molar-refractivity contribution in [2.24, 2.45) is 10.7 Å². The van der Waals surface area contributed by atoms with Gasteiger partial charge in [-0.2, -0.15) is 0 Å². The molecule has 2 rings (SSSR count). The molecule has 0 radical (unpaired) electrons. The molecule has 98 valence electrons. The highest BCUT2D eigenvalue weighted by atomic mass is 16.7. The molecule has 0 saturated heterocycles. The van der Waals surface area contributed by atoms with Gasteiger partial charge in [0.15, 0.2) is 0 Å². The van der Waals surface area contributed by atoms with E-state index in [1.807, 2.05) is 18.2 Å². The van der Waals surface area contributed by atoms with E-state index in [0.717, 1.165) is 17.5 Å². The molecule has 0 spiro atoms. The van der Waals surface area contributed by atoms with Gasteiger partial charge < -0.3 is 19.9 Å². The van der Waals surface area contributed by atoms with Gasteiger partial charge in [-0.25, -0.2) is 4.99 Å². The number of nitrogens with zero attached hydrogens (tertiary/aromatic N) is 1. The van der Waals surface area contributed by atoms with Crippen molar-refractivity contribution in [3.05, 3.63) is 29.3 Å². The molecule has 1 heterocycles. The summed E-state index contributed by atoms with van der Waals surface area (Å²) < 4.78 is 16.4. The van der Waals surface area contributed by atoms with Crippen molar-refractivity contribution in [1.82, 2.24) is 0 Å². The number of benzene rings is 1. The van der Waals surface area contributed by atoms with Crippen molar-refractivity contribution >= 4 is 5.84 Å². The van der Waals surface area contributed by atoms with Gasteiger partial charge in [-0.15, -0.1) is 0 Å². The maximum absolute atomic E-state index is 5.96. The largest absolute Gasteiger partial charge is 0.493 e. The first kappa shape index (κ1) is 12.9. The lowest BCUT2D eigenvalue weighted by Crippen LogP contribution is -2.26. The van der Waals surface area contributed by atoms with Gasteiger partial charge in [-0.1, -0.05) is 19.1 Å². The van der Waals surface area contributed by atoms with Crippen molar-refractivity contribution in [3.63, 3.8) is 0 Å². The quantitative estimate of drug-likeness (QED) is 0.806. The van der Waals surface area contributed by atoms with Gasteiger partial charge in [0.05, 0.1) is 17.7 Å². The van der Waals surface area contributed by atoms with Gasteiger partial charge in [0.2, 0.25) is 0 Å². The molecule has 0 atom stereocenters. The van der Waals surface area contributed by atoms with E-state index in [4.69, 9.17) is 19.9 Å². The first-order valence-corrected chi connectivity index (χ1v) is 5.90. The third-order valence-corrected chi connectivity index (χ3v) is 2.91. The van der Waals surface area contributed by atoms with Crippen LogP contribution in [-0.4, -0.2) is 26.7 Å². The van der Waals surface area contributed by atoms with Gasteiger partial charge in [0, 0.05) is 14.2 Å². The molecule has 0 aromatic heterocycles. The highest BCUT2D eigenvalue weighted by molar-refractivity contribution is 6.04. The second-order valence-corrected chi connectivity index (χ2v) is 4.01. The van der Waals surface area contributed by atoms with Crippen LogP contribution < -0.4 is 10.5 Å². The van der Waals surface area contributed by atoms with Gasteiger partial charge in [0.1, 0.15) is 11.6 Å². The van der Waals surface area contributed by atoms with Crippen LogP contribution in [0.15, 0.2) is 23.2 Å². The summed E-state index contributed by atoms with van der Waals surface area (Å²) in [4.78, 5) is 4.26. The summed E-state index contributed by atoms with van der Waals surface area (Å²) in [5, 5.41) is 0. The van der Waals surface area contributed by atoms with Gasteiger partial charge in [-0.3, -0.25) is 0 Å².